The van der Waals surface area contributed by atoms with Crippen LogP contribution in [0.5, 0.6) is 11.5 Å². The molecule has 0 spiro atoms. The number of nitrogens with zero attached hydrogens (tertiary/aromatic N) is 10. The third-order valence-corrected chi connectivity index (χ3v) is 8.10. The Morgan fingerprint density at radius 1 is 0.655 bits per heavy atom. The third-order valence-electron chi connectivity index (χ3n) is 7.19. The number of primary sulfonamides is 1. The monoisotopic (exact) mass is 806 g/mol. The Kier molecular flexibility index (Phi) is 12.4. The van der Waals surface area contributed by atoms with Gasteiger partial charge in [0.1, 0.15) is 11.4 Å². The fourth-order valence-electron chi connectivity index (χ4n) is 4.54. The summed E-state index contributed by atoms with van der Waals surface area (Å²) in [6, 6.07) is 20.2. The zero-order valence-corrected chi connectivity index (χ0v) is 30.2. The average molecular weight is 807 g/mol. The van der Waals surface area contributed by atoms with E-state index in [-0.39, 0.29) is 63.5 Å². The molecule has 6 aromatic rings. The van der Waals surface area contributed by atoms with E-state index in [1.54, 1.807) is 31.2 Å². The second kappa shape index (κ2) is 16.7. The van der Waals surface area contributed by atoms with Crippen molar-refractivity contribution in [1.82, 2.24) is 19.6 Å². The van der Waals surface area contributed by atoms with Crippen LogP contribution in [0.3, 0.4) is 0 Å². The Morgan fingerprint density at radius 3 is 1.71 bits per heavy atom. The quantitative estimate of drug-likeness (QED) is 0.124. The van der Waals surface area contributed by atoms with Crippen LogP contribution in [0.15, 0.2) is 126 Å². The van der Waals surface area contributed by atoms with Crippen LogP contribution in [0.4, 0.5) is 34.1 Å². The molecule has 23 heteroatoms. The molecule has 4 aromatic carbocycles. The maximum atomic E-state index is 12.6. The molecule has 21 nitrogen and oxygen atoms in total. The fourth-order valence-corrected chi connectivity index (χ4v) is 5.09. The first kappa shape index (κ1) is 40.7. The Labute approximate surface area is 320 Å². The summed E-state index contributed by atoms with van der Waals surface area (Å²) < 4.78 is 25.1. The summed E-state index contributed by atoms with van der Waals surface area (Å²) in [6.45, 7) is 3.06. The molecule has 0 atom stereocenters. The van der Waals surface area contributed by atoms with Crippen molar-refractivity contribution in [3.8, 4) is 22.9 Å². The molecule has 55 heavy (non-hydrogen) atoms. The van der Waals surface area contributed by atoms with Crippen LogP contribution in [0, 0.1) is 34.1 Å². The first-order chi connectivity index (χ1) is 25.5. The van der Waals surface area contributed by atoms with Crippen LogP contribution < -0.4 is 36.7 Å². The van der Waals surface area contributed by atoms with Crippen molar-refractivity contribution < 1.29 is 47.3 Å². The number of azo groups is 2. The summed E-state index contributed by atoms with van der Waals surface area (Å²) in [5, 5.41) is 73.2. The molecule has 0 unspecified atom stereocenters. The van der Waals surface area contributed by atoms with E-state index in [1.807, 2.05) is 6.07 Å². The molecule has 0 saturated carbocycles. The van der Waals surface area contributed by atoms with Crippen LogP contribution in [-0.2, 0) is 27.4 Å². The minimum absolute atomic E-state index is 0. The minimum Gasteiger partial charge on any atom is -0.871 e. The molecule has 0 saturated heterocycles. The molecule has 0 aliphatic heterocycles. The van der Waals surface area contributed by atoms with Crippen LogP contribution in [0.1, 0.15) is 12.8 Å². The molecule has 0 aliphatic rings. The predicted molar refractivity (Wildman–Crippen MR) is 186 cm³/mol. The number of sulfonamides is 1. The average Bonchev–Trinajstić information content (AvgIpc) is 3.59. The number of nitrogens with two attached hydrogens (primary N) is 1. The maximum absolute atomic E-state index is 12.6. The molecule has 2 heterocycles. The predicted octanol–water partition coefficient (Wildman–Crippen LogP) is 3.76. The third kappa shape index (κ3) is 9.31. The van der Waals surface area contributed by atoms with Crippen molar-refractivity contribution in [3.05, 3.63) is 143 Å². The second-order valence-electron chi connectivity index (χ2n) is 10.9. The van der Waals surface area contributed by atoms with E-state index in [1.165, 1.54) is 35.9 Å². The summed E-state index contributed by atoms with van der Waals surface area (Å²) in [5.74, 6) is -1.27. The molecule has 0 bridgehead atoms. The molecule has 0 amide bonds. The standard InChI is InChI=1S/C16H14N6O6S.C16H13N5O4.Cr/c1-9-15(19-18-13-6-5-11(22(25)26)8-14(13)23)16(24)21(20-9)10-3-2-4-12(7-10)29(17,27)28;1-10-15(16(23)20(19-10)11-5-3-2-4-6-11)18-17-13-9-12(21(24)25)7-8-14(13)22;/h2-8H,1H3,(H4,17,18,19,20,23,24,27,28);2-9H,1H3,(H2,17,18,19,22,23);/q;;+3/p-3. The number of hydrogen-bond acceptors (Lipinski definition) is 14. The normalized spacial score (nSPS) is 11.3. The number of nitro benzene ring substituents is 2. The number of non-ortho nitro benzene ring substituents is 2. The molecule has 6 rings (SSSR count). The molecule has 1 radical (unpaired) electrons. The van der Waals surface area contributed by atoms with E-state index >= 15 is 0 Å². The molecule has 0 aliphatic carbocycles. The summed E-state index contributed by atoms with van der Waals surface area (Å²) in [5.41, 5.74) is -1.29. The molecule has 2 aromatic heterocycles. The van der Waals surface area contributed by atoms with Crippen molar-refractivity contribution in [3.63, 3.8) is 0 Å². The van der Waals surface area contributed by atoms with Crippen molar-refractivity contribution in [2.24, 2.45) is 25.6 Å². The van der Waals surface area contributed by atoms with Crippen molar-refractivity contribution in [2.45, 2.75) is 18.7 Å². The summed E-state index contributed by atoms with van der Waals surface area (Å²) in [7, 11) is -3.98. The van der Waals surface area contributed by atoms with Gasteiger partial charge in [0.05, 0.1) is 26.1 Å². The summed E-state index contributed by atoms with van der Waals surface area (Å²) >= 11 is 0. The number of rotatable bonds is 9. The molecule has 279 valence electrons. The second-order valence-corrected chi connectivity index (χ2v) is 12.5. The number of nitro groups is 2. The largest absolute Gasteiger partial charge is 3.00 e. The zero-order chi connectivity index (χ0) is 39.3. The maximum Gasteiger partial charge on any atom is 3.00 e. The van der Waals surface area contributed by atoms with Gasteiger partial charge in [-0.15, -0.1) is 21.6 Å². The van der Waals surface area contributed by atoms with Crippen LogP contribution in [0.25, 0.3) is 11.4 Å². The van der Waals surface area contributed by atoms with Gasteiger partial charge in [-0.05, 0) is 36.4 Å². The molecule has 0 fully saturated rings. The van der Waals surface area contributed by atoms with Gasteiger partial charge in [-0.2, -0.15) is 10.2 Å². The van der Waals surface area contributed by atoms with Crippen LogP contribution >= 0.6 is 0 Å². The minimum atomic E-state index is -3.98. The van der Waals surface area contributed by atoms with Crippen LogP contribution in [0.2, 0.25) is 0 Å². The fraction of sp³-hybridized carbons (Fsp3) is 0.0625. The van der Waals surface area contributed by atoms with Gasteiger partial charge in [-0.25, -0.2) is 13.6 Å². The van der Waals surface area contributed by atoms with Gasteiger partial charge >= 0.3 is 18.8 Å². The van der Waals surface area contributed by atoms with Gasteiger partial charge in [-0.3, -0.25) is 29.8 Å². The Morgan fingerprint density at radius 2 is 1.16 bits per heavy atom. The van der Waals surface area contributed by atoms with Gasteiger partial charge in [-0.1, -0.05) is 55.7 Å². The zero-order valence-electron chi connectivity index (χ0n) is 29.1. The van der Waals surface area contributed by atoms with Crippen molar-refractivity contribution >= 4 is 44.1 Å². The number of aryl methyl sites for hydroxylation is 2. The van der Waals surface area contributed by atoms with Gasteiger partial charge in [0.25, 0.3) is 22.5 Å². The first-order valence-corrected chi connectivity index (χ1v) is 16.6. The van der Waals surface area contributed by atoms with E-state index in [0.29, 0.717) is 11.4 Å². The molecule has 2 N–H and O–H groups in total. The topological polar surface area (TPSA) is 314 Å². The van der Waals surface area contributed by atoms with E-state index in [4.69, 9.17) is 5.14 Å². The smallest absolute Gasteiger partial charge is 0.871 e. The van der Waals surface area contributed by atoms with Crippen molar-refractivity contribution in [1.29, 1.82) is 0 Å². The molecular formula is C32H24CrN11O10S. The number of benzene rings is 4. The Balaban J connectivity index is 0.000000293. The van der Waals surface area contributed by atoms with Gasteiger partial charge in [0.2, 0.25) is 10.0 Å². The SMILES string of the molecule is Cc1[n-]n(-c2cccc(S(N)(=O)=O)c2)c(=O)c1N=Nc1ccc([N+](=O)[O-])cc1[O-].Cc1[n-]n(-c2ccccc2)c(=O)c1N=Nc1cc([N+](=O)[O-])ccc1[O-].[Cr+3].[H+]. The first-order valence-electron chi connectivity index (χ1n) is 15.0. The van der Waals surface area contributed by atoms with E-state index < -0.39 is 48.2 Å². The van der Waals surface area contributed by atoms with E-state index in [9.17, 15) is 48.4 Å². The summed E-state index contributed by atoms with van der Waals surface area (Å²) in [6.07, 6.45) is 0. The number of hydrogen-bond donors (Lipinski definition) is 1. The van der Waals surface area contributed by atoms with Gasteiger partial charge in [0.15, 0.2) is 0 Å². The number of aromatic nitrogens is 4. The Bertz CT molecular complexity index is 2710. The molecular weight excluding hydrogens is 782 g/mol. The van der Waals surface area contributed by atoms with Gasteiger partial charge < -0.3 is 29.8 Å². The van der Waals surface area contributed by atoms with Crippen LogP contribution in [-0.4, -0.2) is 27.6 Å². The van der Waals surface area contributed by atoms with Gasteiger partial charge in [0, 0.05) is 35.6 Å². The summed E-state index contributed by atoms with van der Waals surface area (Å²) in [4.78, 5) is 44.9. The van der Waals surface area contributed by atoms with E-state index in [0.717, 1.165) is 41.1 Å². The van der Waals surface area contributed by atoms with Crippen molar-refractivity contribution in [2.75, 3.05) is 0 Å². The number of para-hydroxylation sites is 1. The van der Waals surface area contributed by atoms with E-state index in [2.05, 4.69) is 30.7 Å². The Hall–Kier alpha value is -7.06.